The highest BCUT2D eigenvalue weighted by Gasteiger charge is 2.41. The van der Waals surface area contributed by atoms with Gasteiger partial charge in [0.15, 0.2) is 5.78 Å². The first kappa shape index (κ1) is 27.2. The van der Waals surface area contributed by atoms with Crippen LogP contribution in [0.3, 0.4) is 0 Å². The SMILES string of the molecule is Cc1ccc(C2CC(=O)C3=C(C2)Nc2ccccc2N(C(=O)CCC(=O)O)C3c2ccc(OC(C)C)cc2)cc1. The molecule has 1 aliphatic heterocycles. The molecule has 0 saturated carbocycles. The summed E-state index contributed by atoms with van der Waals surface area (Å²) >= 11 is 0. The third-order valence-electron chi connectivity index (χ3n) is 7.43. The van der Waals surface area contributed by atoms with E-state index in [-0.39, 0.29) is 36.6 Å². The monoisotopic (exact) mass is 538 g/mol. The molecule has 3 aromatic rings. The van der Waals surface area contributed by atoms with Gasteiger partial charge in [0.1, 0.15) is 5.75 Å². The first-order valence-corrected chi connectivity index (χ1v) is 13.7. The summed E-state index contributed by atoms with van der Waals surface area (Å²) in [6.45, 7) is 5.94. The maximum absolute atomic E-state index is 14.1. The van der Waals surface area contributed by atoms with Crippen LogP contribution in [0.1, 0.15) is 68.2 Å². The van der Waals surface area contributed by atoms with Crippen LogP contribution >= 0.6 is 0 Å². The van der Waals surface area contributed by atoms with E-state index in [4.69, 9.17) is 4.74 Å². The maximum atomic E-state index is 14.1. The molecule has 5 rings (SSSR count). The van der Waals surface area contributed by atoms with Gasteiger partial charge in [0.05, 0.1) is 29.9 Å². The number of aliphatic carboxylic acids is 1. The Morgan fingerprint density at radius 2 is 1.62 bits per heavy atom. The van der Waals surface area contributed by atoms with E-state index in [1.54, 1.807) is 4.90 Å². The van der Waals surface area contributed by atoms with Crippen molar-refractivity contribution in [3.8, 4) is 5.75 Å². The number of carboxylic acid groups (broad SMARTS) is 1. The molecular weight excluding hydrogens is 504 g/mol. The van der Waals surface area contributed by atoms with E-state index in [2.05, 4.69) is 29.6 Å². The van der Waals surface area contributed by atoms with Crippen LogP contribution in [0, 0.1) is 6.92 Å². The Hall–Kier alpha value is -4.39. The fourth-order valence-corrected chi connectivity index (χ4v) is 5.59. The summed E-state index contributed by atoms with van der Waals surface area (Å²) in [4.78, 5) is 40.8. The molecule has 1 aliphatic carbocycles. The summed E-state index contributed by atoms with van der Waals surface area (Å²) in [5.41, 5.74) is 5.67. The number of aryl methyl sites for hydroxylation is 1. The van der Waals surface area contributed by atoms with Crippen molar-refractivity contribution in [3.05, 3.63) is 101 Å². The van der Waals surface area contributed by atoms with Crippen molar-refractivity contribution in [2.24, 2.45) is 0 Å². The predicted molar refractivity (Wildman–Crippen MR) is 155 cm³/mol. The van der Waals surface area contributed by atoms with Crippen molar-refractivity contribution < 1.29 is 24.2 Å². The number of rotatable bonds is 7. The topological polar surface area (TPSA) is 95.9 Å². The fraction of sp³-hybridized carbons (Fsp3) is 0.303. The molecule has 2 unspecified atom stereocenters. The van der Waals surface area contributed by atoms with Crippen molar-refractivity contribution in [2.75, 3.05) is 10.2 Å². The van der Waals surface area contributed by atoms with Crippen molar-refractivity contribution in [1.82, 2.24) is 0 Å². The molecule has 1 heterocycles. The van der Waals surface area contributed by atoms with E-state index in [0.717, 1.165) is 22.4 Å². The van der Waals surface area contributed by atoms with Gasteiger partial charge >= 0.3 is 5.97 Å². The maximum Gasteiger partial charge on any atom is 0.303 e. The number of ketones is 1. The van der Waals surface area contributed by atoms with Gasteiger partial charge in [-0.1, -0.05) is 54.1 Å². The molecule has 0 aromatic heterocycles. The zero-order chi connectivity index (χ0) is 28.4. The van der Waals surface area contributed by atoms with Crippen LogP contribution in [0.5, 0.6) is 5.75 Å². The lowest BCUT2D eigenvalue weighted by molar-refractivity contribution is -0.138. The van der Waals surface area contributed by atoms with E-state index in [1.165, 1.54) is 0 Å². The average Bonchev–Trinajstić information content (AvgIpc) is 3.07. The third-order valence-corrected chi connectivity index (χ3v) is 7.43. The number of carbonyl (C=O) groups excluding carboxylic acids is 2. The summed E-state index contributed by atoms with van der Waals surface area (Å²) in [6, 6.07) is 22.5. The average molecular weight is 539 g/mol. The number of Topliss-reactive ketones (excluding diaryl/α,β-unsaturated/α-hetero) is 1. The van der Waals surface area contributed by atoms with E-state index in [9.17, 15) is 19.5 Å². The Morgan fingerprint density at radius 3 is 2.30 bits per heavy atom. The summed E-state index contributed by atoms with van der Waals surface area (Å²) in [7, 11) is 0. The molecule has 0 saturated heterocycles. The van der Waals surface area contributed by atoms with Crippen LogP contribution in [0.4, 0.5) is 11.4 Å². The number of ether oxygens (including phenoxy) is 1. The number of hydrogen-bond acceptors (Lipinski definition) is 5. The van der Waals surface area contributed by atoms with Crippen LogP contribution in [0.15, 0.2) is 84.1 Å². The fourth-order valence-electron chi connectivity index (χ4n) is 5.59. The molecule has 0 bridgehead atoms. The van der Waals surface area contributed by atoms with Gasteiger partial charge in [-0.2, -0.15) is 0 Å². The normalized spacial score (nSPS) is 18.5. The van der Waals surface area contributed by atoms with Crippen molar-refractivity contribution in [3.63, 3.8) is 0 Å². The molecule has 2 aliphatic rings. The Kier molecular flexibility index (Phi) is 7.74. The lowest BCUT2D eigenvalue weighted by Gasteiger charge is -2.35. The quantitative estimate of drug-likeness (QED) is 0.354. The van der Waals surface area contributed by atoms with Gasteiger partial charge < -0.3 is 15.2 Å². The molecule has 2 atom stereocenters. The van der Waals surface area contributed by atoms with Gasteiger partial charge in [0.2, 0.25) is 5.91 Å². The standard InChI is InChI=1S/C33H34N2O5/c1-20(2)40-25-14-12-23(13-15-25)33-32-27(18-24(19-29(32)36)22-10-8-21(3)9-11-22)34-26-6-4-5-7-28(26)35(33)30(37)16-17-31(38)39/h4-15,20,24,33-34H,16-19H2,1-3H3,(H,38,39). The molecule has 40 heavy (non-hydrogen) atoms. The molecule has 0 spiro atoms. The number of carbonyl (C=O) groups is 3. The van der Waals surface area contributed by atoms with Gasteiger partial charge in [-0.05, 0) is 68.5 Å². The Morgan fingerprint density at radius 1 is 0.950 bits per heavy atom. The first-order chi connectivity index (χ1) is 19.2. The summed E-state index contributed by atoms with van der Waals surface area (Å²) in [6.07, 6.45) is 0.455. The molecule has 0 radical (unpaired) electrons. The molecule has 1 amide bonds. The predicted octanol–water partition coefficient (Wildman–Crippen LogP) is 6.55. The second-order valence-electron chi connectivity index (χ2n) is 10.8. The van der Waals surface area contributed by atoms with Crippen LogP contribution in [0.2, 0.25) is 0 Å². The Labute approximate surface area is 234 Å². The Bertz CT molecular complexity index is 1460. The zero-order valence-electron chi connectivity index (χ0n) is 23.0. The van der Waals surface area contributed by atoms with E-state index in [1.807, 2.05) is 69.3 Å². The van der Waals surface area contributed by atoms with Crippen molar-refractivity contribution in [1.29, 1.82) is 0 Å². The second-order valence-corrected chi connectivity index (χ2v) is 10.8. The number of carboxylic acids is 1. The lowest BCUT2D eigenvalue weighted by atomic mass is 9.78. The summed E-state index contributed by atoms with van der Waals surface area (Å²) in [5, 5.41) is 12.8. The first-order valence-electron chi connectivity index (χ1n) is 13.7. The Balaban J connectivity index is 1.65. The minimum absolute atomic E-state index is 0.00171. The number of nitrogens with one attached hydrogen (secondary N) is 1. The highest BCUT2D eigenvalue weighted by atomic mass is 16.5. The second kappa shape index (κ2) is 11.4. The number of benzene rings is 3. The molecular formula is C33H34N2O5. The zero-order valence-corrected chi connectivity index (χ0v) is 23.0. The minimum Gasteiger partial charge on any atom is -0.491 e. The van der Waals surface area contributed by atoms with Crippen molar-refractivity contribution in [2.45, 2.75) is 64.5 Å². The largest absolute Gasteiger partial charge is 0.491 e. The lowest BCUT2D eigenvalue weighted by Crippen LogP contribution is -2.38. The van der Waals surface area contributed by atoms with Crippen LogP contribution in [-0.2, 0) is 14.4 Å². The van der Waals surface area contributed by atoms with Crippen LogP contribution in [-0.4, -0.2) is 28.9 Å². The molecule has 3 aromatic carbocycles. The van der Waals surface area contributed by atoms with Crippen LogP contribution in [0.25, 0.3) is 0 Å². The number of anilines is 2. The third kappa shape index (κ3) is 5.64. The van der Waals surface area contributed by atoms with E-state index in [0.29, 0.717) is 35.5 Å². The van der Waals surface area contributed by atoms with Gasteiger partial charge in [-0.3, -0.25) is 19.3 Å². The number of hydrogen-bond donors (Lipinski definition) is 2. The molecule has 206 valence electrons. The molecule has 2 N–H and O–H groups in total. The number of fused-ring (bicyclic) bond motifs is 1. The number of allylic oxidation sites excluding steroid dienone is 1. The van der Waals surface area contributed by atoms with Gasteiger partial charge in [0, 0.05) is 24.1 Å². The van der Waals surface area contributed by atoms with E-state index < -0.39 is 12.0 Å². The molecule has 0 fully saturated rings. The number of nitrogens with zero attached hydrogens (tertiary/aromatic N) is 1. The van der Waals surface area contributed by atoms with Gasteiger partial charge in [-0.25, -0.2) is 0 Å². The number of para-hydroxylation sites is 2. The summed E-state index contributed by atoms with van der Waals surface area (Å²) < 4.78 is 5.84. The minimum atomic E-state index is -1.05. The van der Waals surface area contributed by atoms with Crippen molar-refractivity contribution >= 4 is 29.0 Å². The van der Waals surface area contributed by atoms with Gasteiger partial charge in [-0.15, -0.1) is 0 Å². The highest BCUT2D eigenvalue weighted by Crippen LogP contribution is 2.47. The summed E-state index contributed by atoms with van der Waals surface area (Å²) in [5.74, 6) is -0.737. The molecule has 7 nitrogen and oxygen atoms in total. The number of amides is 1. The van der Waals surface area contributed by atoms with Gasteiger partial charge in [0.25, 0.3) is 0 Å². The van der Waals surface area contributed by atoms with Crippen LogP contribution < -0.4 is 15.0 Å². The smallest absolute Gasteiger partial charge is 0.303 e. The highest BCUT2D eigenvalue weighted by molar-refractivity contribution is 6.06. The van der Waals surface area contributed by atoms with E-state index >= 15 is 0 Å². The molecule has 7 heteroatoms.